The number of nitro groups is 1. The van der Waals surface area contributed by atoms with Crippen molar-refractivity contribution < 1.29 is 14.5 Å². The molecule has 1 aliphatic heterocycles. The predicted molar refractivity (Wildman–Crippen MR) is 84.1 cm³/mol. The Kier molecular flexibility index (Phi) is 4.52. The molecule has 9 nitrogen and oxygen atoms in total. The summed E-state index contributed by atoms with van der Waals surface area (Å²) in [5.41, 5.74) is 0.512. The second kappa shape index (κ2) is 6.75. The number of carbonyl (C=O) groups excluding carboxylic acids is 1. The maximum absolute atomic E-state index is 12.3. The molecule has 1 aromatic heterocycles. The van der Waals surface area contributed by atoms with Crippen LogP contribution in [0.1, 0.15) is 6.92 Å². The molecule has 2 heterocycles. The smallest absolute Gasteiger partial charge is 0.270 e. The van der Waals surface area contributed by atoms with Crippen LogP contribution in [0.25, 0.3) is 11.4 Å². The van der Waals surface area contributed by atoms with Gasteiger partial charge in [0.25, 0.3) is 5.69 Å². The molecule has 0 saturated carbocycles. The van der Waals surface area contributed by atoms with E-state index in [0.29, 0.717) is 31.1 Å². The Bertz CT molecular complexity index is 760. The van der Waals surface area contributed by atoms with E-state index in [1.807, 2.05) is 6.92 Å². The van der Waals surface area contributed by atoms with Gasteiger partial charge in [-0.2, -0.15) is 5.10 Å². The number of carbonyl (C=O) groups is 1. The van der Waals surface area contributed by atoms with Crippen molar-refractivity contribution in [1.82, 2.24) is 19.7 Å². The number of rotatable bonds is 4. The maximum Gasteiger partial charge on any atom is 0.270 e. The van der Waals surface area contributed by atoms with Crippen LogP contribution in [0.15, 0.2) is 30.6 Å². The lowest BCUT2D eigenvalue weighted by Gasteiger charge is -2.31. The molecule has 126 valence electrons. The summed E-state index contributed by atoms with van der Waals surface area (Å²) in [6.45, 7) is 3.66. The number of morpholine rings is 1. The Labute approximate surface area is 138 Å². The van der Waals surface area contributed by atoms with E-state index in [2.05, 4.69) is 10.1 Å². The molecule has 0 bridgehead atoms. The topological polar surface area (TPSA) is 103 Å². The minimum Gasteiger partial charge on any atom is -0.375 e. The zero-order valence-electron chi connectivity index (χ0n) is 13.2. The summed E-state index contributed by atoms with van der Waals surface area (Å²) in [4.78, 5) is 28.5. The average Bonchev–Trinajstić information content (AvgIpc) is 3.03. The Morgan fingerprint density at radius 1 is 1.50 bits per heavy atom. The third-order valence-corrected chi connectivity index (χ3v) is 3.74. The standard InChI is InChI=1S/C15H17N5O4/c1-11-8-18(5-6-24-11)14(21)9-19-10-16-15(17-19)12-3-2-4-13(7-12)20(22)23/h2-4,7,10-11H,5-6,8-9H2,1H3. The first kappa shape index (κ1) is 16.1. The van der Waals surface area contributed by atoms with Crippen LogP contribution in [0, 0.1) is 10.1 Å². The number of non-ortho nitro benzene ring substituents is 1. The van der Waals surface area contributed by atoms with Gasteiger partial charge in [-0.05, 0) is 6.92 Å². The van der Waals surface area contributed by atoms with E-state index in [9.17, 15) is 14.9 Å². The fraction of sp³-hybridized carbons (Fsp3) is 0.400. The van der Waals surface area contributed by atoms with Gasteiger partial charge >= 0.3 is 0 Å². The van der Waals surface area contributed by atoms with Gasteiger partial charge in [-0.3, -0.25) is 14.9 Å². The van der Waals surface area contributed by atoms with Gasteiger partial charge in [-0.25, -0.2) is 9.67 Å². The molecule has 3 rings (SSSR count). The van der Waals surface area contributed by atoms with Crippen LogP contribution in [0.5, 0.6) is 0 Å². The third-order valence-electron chi connectivity index (χ3n) is 3.74. The first-order valence-electron chi connectivity index (χ1n) is 7.56. The summed E-state index contributed by atoms with van der Waals surface area (Å²) in [6.07, 6.45) is 1.48. The number of benzene rings is 1. The summed E-state index contributed by atoms with van der Waals surface area (Å²) in [7, 11) is 0. The summed E-state index contributed by atoms with van der Waals surface area (Å²) >= 11 is 0. The fourth-order valence-corrected chi connectivity index (χ4v) is 2.55. The molecular formula is C15H17N5O4. The van der Waals surface area contributed by atoms with Gasteiger partial charge in [0.05, 0.1) is 17.6 Å². The lowest BCUT2D eigenvalue weighted by atomic mass is 10.2. The molecule has 1 atom stereocenters. The van der Waals surface area contributed by atoms with Gasteiger partial charge in [0.2, 0.25) is 5.91 Å². The number of nitro benzene ring substituents is 1. The van der Waals surface area contributed by atoms with Crippen molar-refractivity contribution in [2.45, 2.75) is 19.6 Å². The largest absolute Gasteiger partial charge is 0.375 e. The first-order valence-corrected chi connectivity index (χ1v) is 7.56. The van der Waals surface area contributed by atoms with Crippen LogP contribution in [-0.4, -0.2) is 56.3 Å². The summed E-state index contributed by atoms with van der Waals surface area (Å²) < 4.78 is 6.86. The van der Waals surface area contributed by atoms with E-state index in [1.165, 1.54) is 23.1 Å². The van der Waals surface area contributed by atoms with Gasteiger partial charge in [-0.15, -0.1) is 0 Å². The molecule has 1 saturated heterocycles. The van der Waals surface area contributed by atoms with Crippen LogP contribution in [0.3, 0.4) is 0 Å². The molecule has 9 heteroatoms. The second-order valence-electron chi connectivity index (χ2n) is 5.59. The van der Waals surface area contributed by atoms with Crippen LogP contribution >= 0.6 is 0 Å². The van der Waals surface area contributed by atoms with Gasteiger partial charge < -0.3 is 9.64 Å². The van der Waals surface area contributed by atoms with Gasteiger partial charge in [-0.1, -0.05) is 12.1 Å². The van der Waals surface area contributed by atoms with Crippen molar-refractivity contribution in [2.75, 3.05) is 19.7 Å². The van der Waals surface area contributed by atoms with E-state index in [4.69, 9.17) is 4.74 Å². The molecule has 0 aliphatic carbocycles. The molecule has 1 fully saturated rings. The normalized spacial score (nSPS) is 17.7. The van der Waals surface area contributed by atoms with Crippen molar-refractivity contribution in [3.8, 4) is 11.4 Å². The summed E-state index contributed by atoms with van der Waals surface area (Å²) in [5.74, 6) is 0.294. The van der Waals surface area contributed by atoms with Crippen molar-refractivity contribution in [1.29, 1.82) is 0 Å². The summed E-state index contributed by atoms with van der Waals surface area (Å²) in [5, 5.41) is 15.1. The number of nitrogens with zero attached hydrogens (tertiary/aromatic N) is 5. The maximum atomic E-state index is 12.3. The monoisotopic (exact) mass is 331 g/mol. The van der Waals surface area contributed by atoms with Crippen molar-refractivity contribution in [2.24, 2.45) is 0 Å². The Morgan fingerprint density at radius 2 is 2.33 bits per heavy atom. The highest BCUT2D eigenvalue weighted by molar-refractivity contribution is 5.76. The molecule has 1 aromatic carbocycles. The van der Waals surface area contributed by atoms with Gasteiger partial charge in [0.1, 0.15) is 12.9 Å². The zero-order chi connectivity index (χ0) is 17.1. The number of aromatic nitrogens is 3. The van der Waals surface area contributed by atoms with E-state index < -0.39 is 4.92 Å². The second-order valence-corrected chi connectivity index (χ2v) is 5.59. The van der Waals surface area contributed by atoms with Gasteiger partial charge in [0.15, 0.2) is 5.82 Å². The van der Waals surface area contributed by atoms with E-state index in [1.54, 1.807) is 17.0 Å². The zero-order valence-corrected chi connectivity index (χ0v) is 13.2. The van der Waals surface area contributed by atoms with Crippen molar-refractivity contribution in [3.05, 3.63) is 40.7 Å². The minimum atomic E-state index is -0.469. The number of ether oxygens (including phenoxy) is 1. The Morgan fingerprint density at radius 3 is 3.08 bits per heavy atom. The van der Waals surface area contributed by atoms with Crippen LogP contribution < -0.4 is 0 Å². The van der Waals surface area contributed by atoms with Crippen LogP contribution in [0.2, 0.25) is 0 Å². The van der Waals surface area contributed by atoms with Crippen LogP contribution in [0.4, 0.5) is 5.69 Å². The first-order chi connectivity index (χ1) is 11.5. The molecule has 2 aromatic rings. The Balaban J connectivity index is 1.70. The predicted octanol–water partition coefficient (Wildman–Crippen LogP) is 1.10. The van der Waals surface area contributed by atoms with E-state index in [0.717, 1.165) is 0 Å². The van der Waals surface area contributed by atoms with Crippen LogP contribution in [-0.2, 0) is 16.1 Å². The lowest BCUT2D eigenvalue weighted by Crippen LogP contribution is -2.45. The molecule has 0 N–H and O–H groups in total. The molecule has 0 spiro atoms. The highest BCUT2D eigenvalue weighted by Gasteiger charge is 2.22. The number of amides is 1. The van der Waals surface area contributed by atoms with Gasteiger partial charge in [0, 0.05) is 30.8 Å². The highest BCUT2D eigenvalue weighted by Crippen LogP contribution is 2.20. The number of hydrogen-bond acceptors (Lipinski definition) is 6. The molecule has 1 unspecified atom stereocenters. The average molecular weight is 331 g/mol. The highest BCUT2D eigenvalue weighted by atomic mass is 16.6. The molecule has 1 aliphatic rings. The molecular weight excluding hydrogens is 314 g/mol. The molecule has 24 heavy (non-hydrogen) atoms. The van der Waals surface area contributed by atoms with E-state index >= 15 is 0 Å². The quantitative estimate of drug-likeness (QED) is 0.614. The fourth-order valence-electron chi connectivity index (χ4n) is 2.55. The Hall–Kier alpha value is -2.81. The van der Waals surface area contributed by atoms with Crippen molar-refractivity contribution in [3.63, 3.8) is 0 Å². The molecule has 1 amide bonds. The third kappa shape index (κ3) is 3.57. The number of hydrogen-bond donors (Lipinski definition) is 0. The molecule has 0 radical (unpaired) electrons. The minimum absolute atomic E-state index is 0.0257. The summed E-state index contributed by atoms with van der Waals surface area (Å²) in [6, 6.07) is 6.08. The van der Waals surface area contributed by atoms with E-state index in [-0.39, 0.29) is 24.2 Å². The lowest BCUT2D eigenvalue weighted by molar-refractivity contribution is -0.384. The SMILES string of the molecule is CC1CN(C(=O)Cn2cnc(-c3cccc([N+](=O)[O-])c3)n2)CCO1. The van der Waals surface area contributed by atoms with Crippen molar-refractivity contribution >= 4 is 11.6 Å².